The zero-order valence-electron chi connectivity index (χ0n) is 12.8. The lowest BCUT2D eigenvalue weighted by molar-refractivity contribution is 0.454. The van der Waals surface area contributed by atoms with Crippen LogP contribution < -0.4 is 10.6 Å². The van der Waals surface area contributed by atoms with Crippen LogP contribution in [0, 0.1) is 5.92 Å². The molecule has 108 valence electrons. The monoisotopic (exact) mass is 265 g/mol. The maximum atomic E-state index is 4.63. The van der Waals surface area contributed by atoms with E-state index in [2.05, 4.69) is 55.3 Å². The molecule has 19 heavy (non-hydrogen) atoms. The Bertz CT molecular complexity index is 375. The Morgan fingerprint density at radius 1 is 1.42 bits per heavy atom. The fraction of sp³-hybridized carbons (Fsp3) is 0.714. The van der Waals surface area contributed by atoms with Crippen molar-refractivity contribution in [1.82, 2.24) is 20.4 Å². The number of hydrogen-bond donors (Lipinski definition) is 2. The molecule has 2 N–H and O–H groups in total. The van der Waals surface area contributed by atoms with Crippen LogP contribution in [0.3, 0.4) is 0 Å². The van der Waals surface area contributed by atoms with Crippen molar-refractivity contribution in [1.29, 1.82) is 0 Å². The third kappa shape index (κ3) is 6.84. The summed E-state index contributed by atoms with van der Waals surface area (Å²) in [7, 11) is 0. The average molecular weight is 265 g/mol. The largest absolute Gasteiger partial charge is 0.357 e. The molecule has 0 bridgehead atoms. The molecular weight excluding hydrogens is 238 g/mol. The molecule has 0 radical (unpaired) electrons. The molecule has 0 saturated heterocycles. The van der Waals surface area contributed by atoms with E-state index < -0.39 is 0 Å². The van der Waals surface area contributed by atoms with E-state index in [0.717, 1.165) is 25.6 Å². The molecule has 0 aliphatic carbocycles. The number of hydrogen-bond acceptors (Lipinski definition) is 2. The summed E-state index contributed by atoms with van der Waals surface area (Å²) in [5.74, 6) is 1.33. The molecule has 1 heterocycles. The molecule has 0 aromatic carbocycles. The highest BCUT2D eigenvalue weighted by Gasteiger charge is 2.12. The first kappa shape index (κ1) is 15.5. The lowest BCUT2D eigenvalue weighted by atomic mass is 10.1. The van der Waals surface area contributed by atoms with Crippen molar-refractivity contribution in [3.8, 4) is 0 Å². The Hall–Kier alpha value is -1.52. The summed E-state index contributed by atoms with van der Waals surface area (Å²) >= 11 is 0. The summed E-state index contributed by atoms with van der Waals surface area (Å²) in [6.07, 6.45) is 3.79. The van der Waals surface area contributed by atoms with Crippen LogP contribution in [-0.2, 0) is 6.54 Å². The Morgan fingerprint density at radius 2 is 2.16 bits per heavy atom. The minimum atomic E-state index is 0.0201. The molecule has 1 aromatic heterocycles. The van der Waals surface area contributed by atoms with E-state index in [1.807, 2.05) is 16.9 Å². The van der Waals surface area contributed by atoms with Crippen LogP contribution in [0.15, 0.2) is 23.5 Å². The van der Waals surface area contributed by atoms with Gasteiger partial charge in [-0.25, -0.2) is 0 Å². The van der Waals surface area contributed by atoms with Crippen molar-refractivity contribution in [2.24, 2.45) is 10.9 Å². The van der Waals surface area contributed by atoms with Crippen LogP contribution >= 0.6 is 0 Å². The van der Waals surface area contributed by atoms with Gasteiger partial charge in [0.15, 0.2) is 5.96 Å². The third-order valence-corrected chi connectivity index (χ3v) is 2.46. The Kier molecular flexibility index (Phi) is 5.86. The van der Waals surface area contributed by atoms with E-state index in [-0.39, 0.29) is 5.54 Å². The predicted molar refractivity (Wildman–Crippen MR) is 80.3 cm³/mol. The summed E-state index contributed by atoms with van der Waals surface area (Å²) in [5.41, 5.74) is 0.0201. The first-order valence-corrected chi connectivity index (χ1v) is 6.94. The normalized spacial score (nSPS) is 14.3. The first-order chi connectivity index (χ1) is 8.90. The van der Waals surface area contributed by atoms with Crippen molar-refractivity contribution in [2.75, 3.05) is 13.1 Å². The summed E-state index contributed by atoms with van der Waals surface area (Å²) in [6, 6.07) is 1.95. The Labute approximate surface area is 116 Å². The Balaban J connectivity index is 2.49. The SMILES string of the molecule is CCNC(=NCC(C)Cn1cccn1)NC(C)(C)C. The van der Waals surface area contributed by atoms with Gasteiger partial charge in [0, 0.05) is 37.6 Å². The van der Waals surface area contributed by atoms with Gasteiger partial charge >= 0.3 is 0 Å². The zero-order valence-corrected chi connectivity index (χ0v) is 12.8. The van der Waals surface area contributed by atoms with Crippen LogP contribution in [0.5, 0.6) is 0 Å². The molecule has 0 spiro atoms. The highest BCUT2D eigenvalue weighted by molar-refractivity contribution is 5.80. The fourth-order valence-corrected chi connectivity index (χ4v) is 1.69. The van der Waals surface area contributed by atoms with Gasteiger partial charge in [0.05, 0.1) is 0 Å². The van der Waals surface area contributed by atoms with E-state index >= 15 is 0 Å². The molecular formula is C14H27N5. The van der Waals surface area contributed by atoms with Gasteiger partial charge in [-0.2, -0.15) is 5.10 Å². The summed E-state index contributed by atoms with van der Waals surface area (Å²) in [4.78, 5) is 4.63. The number of rotatable bonds is 5. The number of nitrogens with zero attached hydrogens (tertiary/aromatic N) is 3. The molecule has 5 nitrogen and oxygen atoms in total. The van der Waals surface area contributed by atoms with Gasteiger partial charge in [0.2, 0.25) is 0 Å². The number of guanidine groups is 1. The second kappa shape index (κ2) is 7.16. The molecule has 1 unspecified atom stereocenters. The summed E-state index contributed by atoms with van der Waals surface area (Å²) in [6.45, 7) is 13.2. The van der Waals surface area contributed by atoms with Crippen LogP contribution in [0.4, 0.5) is 0 Å². The van der Waals surface area contributed by atoms with Gasteiger partial charge in [-0.05, 0) is 39.7 Å². The summed E-state index contributed by atoms with van der Waals surface area (Å²) < 4.78 is 1.95. The third-order valence-electron chi connectivity index (χ3n) is 2.46. The van der Waals surface area contributed by atoms with Crippen molar-refractivity contribution in [3.63, 3.8) is 0 Å². The van der Waals surface area contributed by atoms with E-state index in [0.29, 0.717) is 5.92 Å². The summed E-state index contributed by atoms with van der Waals surface area (Å²) in [5, 5.41) is 10.9. The van der Waals surface area contributed by atoms with Gasteiger partial charge in [0.25, 0.3) is 0 Å². The van der Waals surface area contributed by atoms with E-state index in [9.17, 15) is 0 Å². The lowest BCUT2D eigenvalue weighted by Gasteiger charge is -2.24. The first-order valence-electron chi connectivity index (χ1n) is 6.94. The molecule has 5 heteroatoms. The maximum Gasteiger partial charge on any atom is 0.191 e. The van der Waals surface area contributed by atoms with Gasteiger partial charge in [-0.15, -0.1) is 0 Å². The van der Waals surface area contributed by atoms with E-state index in [4.69, 9.17) is 0 Å². The van der Waals surface area contributed by atoms with Crippen molar-refractivity contribution in [3.05, 3.63) is 18.5 Å². The smallest absolute Gasteiger partial charge is 0.191 e. The second-order valence-corrected chi connectivity index (χ2v) is 5.93. The van der Waals surface area contributed by atoms with Crippen molar-refractivity contribution < 1.29 is 0 Å². The van der Waals surface area contributed by atoms with Gasteiger partial charge in [-0.1, -0.05) is 6.92 Å². The predicted octanol–water partition coefficient (Wildman–Crippen LogP) is 1.87. The maximum absolute atomic E-state index is 4.63. The number of nitrogens with one attached hydrogen (secondary N) is 2. The molecule has 0 saturated carbocycles. The minimum Gasteiger partial charge on any atom is -0.357 e. The molecule has 0 amide bonds. The highest BCUT2D eigenvalue weighted by Crippen LogP contribution is 2.02. The highest BCUT2D eigenvalue weighted by atomic mass is 15.3. The Morgan fingerprint density at radius 3 is 2.68 bits per heavy atom. The van der Waals surface area contributed by atoms with E-state index in [1.54, 1.807) is 6.20 Å². The number of aromatic nitrogens is 2. The standard InChI is InChI=1S/C14H27N5/c1-6-15-13(18-14(3,4)5)16-10-12(2)11-19-9-7-8-17-19/h7-9,12H,6,10-11H2,1-5H3,(H2,15,16,18). The fourth-order valence-electron chi connectivity index (χ4n) is 1.69. The molecule has 1 atom stereocenters. The van der Waals surface area contributed by atoms with Crippen LogP contribution in [0.25, 0.3) is 0 Å². The van der Waals surface area contributed by atoms with Crippen LogP contribution in [-0.4, -0.2) is 34.4 Å². The van der Waals surface area contributed by atoms with Crippen molar-refractivity contribution in [2.45, 2.75) is 46.7 Å². The minimum absolute atomic E-state index is 0.0201. The van der Waals surface area contributed by atoms with Gasteiger partial charge in [-0.3, -0.25) is 9.67 Å². The van der Waals surface area contributed by atoms with Crippen LogP contribution in [0.1, 0.15) is 34.6 Å². The molecule has 0 aliphatic rings. The van der Waals surface area contributed by atoms with E-state index in [1.165, 1.54) is 0 Å². The molecule has 0 aliphatic heterocycles. The van der Waals surface area contributed by atoms with Crippen LogP contribution in [0.2, 0.25) is 0 Å². The lowest BCUT2D eigenvalue weighted by Crippen LogP contribution is -2.47. The second-order valence-electron chi connectivity index (χ2n) is 5.93. The molecule has 0 fully saturated rings. The van der Waals surface area contributed by atoms with Gasteiger partial charge < -0.3 is 10.6 Å². The number of aliphatic imine (C=N–C) groups is 1. The zero-order chi connectivity index (χ0) is 14.3. The average Bonchev–Trinajstić information content (AvgIpc) is 2.77. The molecule has 1 rings (SSSR count). The molecule has 1 aromatic rings. The van der Waals surface area contributed by atoms with Gasteiger partial charge in [0.1, 0.15) is 0 Å². The quantitative estimate of drug-likeness (QED) is 0.631. The van der Waals surface area contributed by atoms with Crippen molar-refractivity contribution >= 4 is 5.96 Å². The topological polar surface area (TPSA) is 54.2 Å².